The summed E-state index contributed by atoms with van der Waals surface area (Å²) in [6, 6.07) is 13.2. The van der Waals surface area contributed by atoms with E-state index in [-0.39, 0.29) is 5.91 Å². The van der Waals surface area contributed by atoms with Crippen molar-refractivity contribution in [3.63, 3.8) is 0 Å². The van der Waals surface area contributed by atoms with Crippen molar-refractivity contribution in [3.8, 4) is 0 Å². The number of hydrogen-bond donors (Lipinski definition) is 0. The van der Waals surface area contributed by atoms with Crippen LogP contribution in [0.15, 0.2) is 42.5 Å². The van der Waals surface area contributed by atoms with Crippen molar-refractivity contribution < 1.29 is 13.6 Å². The van der Waals surface area contributed by atoms with Crippen LogP contribution in [0.1, 0.15) is 61.6 Å². The largest absolute Gasteiger partial charge is 0.340 e. The van der Waals surface area contributed by atoms with Gasteiger partial charge < -0.3 is 4.90 Å². The smallest absolute Gasteiger partial charge is 0.219 e. The maximum Gasteiger partial charge on any atom is 0.219 e. The monoisotopic (exact) mass is 440 g/mol. The molecule has 2 aliphatic rings. The SMILES string of the molecule is CC(=O)N(CC1CN(Cc2ccc(F)c(F)c2)CC1c1ccc(C)cc1)C1CCCCC1. The molecule has 1 saturated heterocycles. The van der Waals surface area contributed by atoms with Gasteiger partial charge in [-0.05, 0) is 48.9 Å². The molecule has 1 aliphatic heterocycles. The topological polar surface area (TPSA) is 23.6 Å². The first-order valence-electron chi connectivity index (χ1n) is 11.9. The summed E-state index contributed by atoms with van der Waals surface area (Å²) in [6.07, 6.45) is 5.85. The Morgan fingerprint density at radius 1 is 1.00 bits per heavy atom. The molecule has 2 fully saturated rings. The summed E-state index contributed by atoms with van der Waals surface area (Å²) in [4.78, 5) is 17.0. The maximum absolute atomic E-state index is 13.7. The second-order valence-corrected chi connectivity index (χ2v) is 9.68. The van der Waals surface area contributed by atoms with Gasteiger partial charge in [-0.3, -0.25) is 9.69 Å². The van der Waals surface area contributed by atoms with Gasteiger partial charge in [0.1, 0.15) is 0 Å². The molecular weight excluding hydrogens is 406 g/mol. The van der Waals surface area contributed by atoms with Crippen LogP contribution >= 0.6 is 0 Å². The minimum atomic E-state index is -0.810. The van der Waals surface area contributed by atoms with E-state index in [0.29, 0.717) is 24.4 Å². The van der Waals surface area contributed by atoms with E-state index in [2.05, 4.69) is 41.0 Å². The first kappa shape index (κ1) is 22.9. The van der Waals surface area contributed by atoms with E-state index in [1.54, 1.807) is 13.0 Å². The molecule has 32 heavy (non-hydrogen) atoms. The number of carbonyl (C=O) groups excluding carboxylic acids is 1. The van der Waals surface area contributed by atoms with E-state index in [9.17, 15) is 13.6 Å². The van der Waals surface area contributed by atoms with Gasteiger partial charge in [0.2, 0.25) is 5.91 Å². The lowest BCUT2D eigenvalue weighted by Gasteiger charge is -2.36. The molecule has 2 unspecified atom stereocenters. The summed E-state index contributed by atoms with van der Waals surface area (Å²) in [5.74, 6) is -0.817. The number of carbonyl (C=O) groups is 1. The van der Waals surface area contributed by atoms with Crippen LogP contribution in [0.3, 0.4) is 0 Å². The van der Waals surface area contributed by atoms with Crippen LogP contribution < -0.4 is 0 Å². The number of rotatable bonds is 6. The van der Waals surface area contributed by atoms with Crippen LogP contribution in [-0.4, -0.2) is 41.4 Å². The van der Waals surface area contributed by atoms with Crippen LogP contribution in [-0.2, 0) is 11.3 Å². The molecule has 5 heteroatoms. The zero-order chi connectivity index (χ0) is 22.7. The molecule has 4 rings (SSSR count). The number of likely N-dealkylation sites (tertiary alicyclic amines) is 1. The van der Waals surface area contributed by atoms with Crippen molar-refractivity contribution in [2.45, 2.75) is 64.5 Å². The van der Waals surface area contributed by atoms with E-state index < -0.39 is 11.6 Å². The normalized spacial score (nSPS) is 22.2. The van der Waals surface area contributed by atoms with Gasteiger partial charge in [0.25, 0.3) is 0 Å². The third kappa shape index (κ3) is 5.37. The second-order valence-electron chi connectivity index (χ2n) is 9.68. The van der Waals surface area contributed by atoms with Crippen LogP contribution in [0.5, 0.6) is 0 Å². The second kappa shape index (κ2) is 10.1. The van der Waals surface area contributed by atoms with Crippen molar-refractivity contribution in [2.24, 2.45) is 5.92 Å². The van der Waals surface area contributed by atoms with Gasteiger partial charge in [0, 0.05) is 45.1 Å². The predicted molar refractivity (Wildman–Crippen MR) is 123 cm³/mol. The van der Waals surface area contributed by atoms with Crippen LogP contribution in [0.25, 0.3) is 0 Å². The Balaban J connectivity index is 1.54. The van der Waals surface area contributed by atoms with E-state index >= 15 is 0 Å². The Labute approximate surface area is 190 Å². The molecule has 2 aromatic rings. The Morgan fingerprint density at radius 3 is 2.38 bits per heavy atom. The summed E-state index contributed by atoms with van der Waals surface area (Å²) in [7, 11) is 0. The lowest BCUT2D eigenvalue weighted by atomic mass is 9.87. The molecule has 172 valence electrons. The molecule has 2 atom stereocenters. The quantitative estimate of drug-likeness (QED) is 0.578. The lowest BCUT2D eigenvalue weighted by Crippen LogP contribution is -2.44. The van der Waals surface area contributed by atoms with Gasteiger partial charge >= 0.3 is 0 Å². The fraction of sp³-hybridized carbons (Fsp3) is 0.519. The Hall–Kier alpha value is -2.27. The first-order chi connectivity index (χ1) is 15.4. The van der Waals surface area contributed by atoms with Gasteiger partial charge in [0.15, 0.2) is 11.6 Å². The van der Waals surface area contributed by atoms with Crippen LogP contribution in [0.2, 0.25) is 0 Å². The highest BCUT2D eigenvalue weighted by Crippen LogP contribution is 2.36. The third-order valence-corrected chi connectivity index (χ3v) is 7.26. The molecule has 1 amide bonds. The molecule has 2 aromatic carbocycles. The van der Waals surface area contributed by atoms with Crippen LogP contribution in [0.4, 0.5) is 8.78 Å². The van der Waals surface area contributed by atoms with Crippen molar-refractivity contribution in [1.29, 1.82) is 0 Å². The minimum Gasteiger partial charge on any atom is -0.340 e. The average Bonchev–Trinajstić information content (AvgIpc) is 3.17. The number of hydrogen-bond acceptors (Lipinski definition) is 2. The molecular formula is C27H34F2N2O. The fourth-order valence-corrected chi connectivity index (χ4v) is 5.54. The highest BCUT2D eigenvalue weighted by Gasteiger charge is 2.37. The Morgan fingerprint density at radius 2 is 1.72 bits per heavy atom. The van der Waals surface area contributed by atoms with Gasteiger partial charge in [-0.15, -0.1) is 0 Å². The zero-order valence-electron chi connectivity index (χ0n) is 19.2. The van der Waals surface area contributed by atoms with Crippen LogP contribution in [0, 0.1) is 24.5 Å². The summed E-state index contributed by atoms with van der Waals surface area (Å²) in [5.41, 5.74) is 3.30. The van der Waals surface area contributed by atoms with Crippen molar-refractivity contribution in [2.75, 3.05) is 19.6 Å². The van der Waals surface area contributed by atoms with E-state index in [1.807, 2.05) is 0 Å². The summed E-state index contributed by atoms with van der Waals surface area (Å²) in [5, 5.41) is 0. The molecule has 0 spiro atoms. The van der Waals surface area contributed by atoms with Crippen molar-refractivity contribution >= 4 is 5.91 Å². The minimum absolute atomic E-state index is 0.165. The summed E-state index contributed by atoms with van der Waals surface area (Å²) in [6.45, 7) is 6.82. The van der Waals surface area contributed by atoms with E-state index in [1.165, 1.54) is 42.5 Å². The zero-order valence-corrected chi connectivity index (χ0v) is 19.2. The third-order valence-electron chi connectivity index (χ3n) is 7.26. The molecule has 3 nitrogen and oxygen atoms in total. The summed E-state index contributed by atoms with van der Waals surface area (Å²) < 4.78 is 27.1. The molecule has 1 aliphatic carbocycles. The predicted octanol–water partition coefficient (Wildman–Crippen LogP) is 5.67. The highest BCUT2D eigenvalue weighted by molar-refractivity contribution is 5.73. The average molecular weight is 441 g/mol. The number of halogens is 2. The molecule has 0 radical (unpaired) electrons. The standard InChI is InChI=1S/C27H34F2N2O/c1-19-8-11-22(12-9-19)25-18-30(15-21-10-13-26(28)27(29)14-21)16-23(25)17-31(20(2)32)24-6-4-3-5-7-24/h8-14,23-25H,3-7,15-18H2,1-2H3. The van der Waals surface area contributed by atoms with Gasteiger partial charge in [0.05, 0.1) is 0 Å². The first-order valence-corrected chi connectivity index (χ1v) is 11.9. The highest BCUT2D eigenvalue weighted by atomic mass is 19.2. The molecule has 0 aromatic heterocycles. The van der Waals surface area contributed by atoms with Gasteiger partial charge in [-0.1, -0.05) is 55.2 Å². The molecule has 1 heterocycles. The maximum atomic E-state index is 13.7. The van der Waals surface area contributed by atoms with Gasteiger partial charge in [-0.25, -0.2) is 8.78 Å². The van der Waals surface area contributed by atoms with Gasteiger partial charge in [-0.2, -0.15) is 0 Å². The van der Waals surface area contributed by atoms with Crippen molar-refractivity contribution in [3.05, 3.63) is 70.8 Å². The van der Waals surface area contributed by atoms with Crippen molar-refractivity contribution in [1.82, 2.24) is 9.80 Å². The number of benzene rings is 2. The Bertz CT molecular complexity index is 924. The summed E-state index contributed by atoms with van der Waals surface area (Å²) >= 11 is 0. The fourth-order valence-electron chi connectivity index (χ4n) is 5.54. The molecule has 0 N–H and O–H groups in total. The number of aryl methyl sites for hydroxylation is 1. The number of amides is 1. The molecule has 1 saturated carbocycles. The molecule has 0 bridgehead atoms. The van der Waals surface area contributed by atoms with E-state index in [0.717, 1.165) is 38.0 Å². The lowest BCUT2D eigenvalue weighted by molar-refractivity contribution is -0.132. The Kier molecular flexibility index (Phi) is 7.24. The number of nitrogens with zero attached hydrogens (tertiary/aromatic N) is 2. The van der Waals surface area contributed by atoms with E-state index in [4.69, 9.17) is 0 Å².